The highest BCUT2D eigenvalue weighted by molar-refractivity contribution is 7.92. The van der Waals surface area contributed by atoms with Crippen LogP contribution < -0.4 is 10.5 Å². The molecule has 100 valence electrons. The van der Waals surface area contributed by atoms with E-state index in [9.17, 15) is 17.6 Å². The number of carbonyl (C=O) groups is 1. The standard InChI is InChI=1S/C10H13FN2O4S/c1-17-10(14)4-5-18(15,16)13-9-6-7(11)2-3-8(9)12/h2-3,6,13H,4-5,12H2,1H3. The Morgan fingerprint density at radius 3 is 2.78 bits per heavy atom. The van der Waals surface area contributed by atoms with E-state index in [1.54, 1.807) is 0 Å². The number of nitrogens with two attached hydrogens (primary N) is 1. The zero-order valence-corrected chi connectivity index (χ0v) is 10.5. The Labute approximate surface area is 104 Å². The number of hydrogen-bond acceptors (Lipinski definition) is 5. The molecule has 0 aromatic heterocycles. The fourth-order valence-electron chi connectivity index (χ4n) is 1.16. The molecule has 0 aliphatic heterocycles. The molecule has 3 N–H and O–H groups in total. The van der Waals surface area contributed by atoms with E-state index in [0.29, 0.717) is 0 Å². The highest BCUT2D eigenvalue weighted by atomic mass is 32.2. The SMILES string of the molecule is COC(=O)CCS(=O)(=O)Nc1cc(F)ccc1N. The number of anilines is 2. The number of methoxy groups -OCH3 is 1. The van der Waals surface area contributed by atoms with Gasteiger partial charge in [0, 0.05) is 6.07 Å². The number of rotatable bonds is 5. The molecule has 8 heteroatoms. The van der Waals surface area contributed by atoms with Crippen LogP contribution in [0.2, 0.25) is 0 Å². The summed E-state index contributed by atoms with van der Waals surface area (Å²) in [7, 11) is -2.62. The summed E-state index contributed by atoms with van der Waals surface area (Å²) in [5, 5.41) is 0. The highest BCUT2D eigenvalue weighted by Crippen LogP contribution is 2.20. The number of ether oxygens (including phenoxy) is 1. The Hall–Kier alpha value is -1.83. The van der Waals surface area contributed by atoms with Gasteiger partial charge >= 0.3 is 5.97 Å². The van der Waals surface area contributed by atoms with Crippen LogP contribution >= 0.6 is 0 Å². The van der Waals surface area contributed by atoms with Gasteiger partial charge in [-0.05, 0) is 12.1 Å². The quantitative estimate of drug-likeness (QED) is 0.609. The van der Waals surface area contributed by atoms with Crippen molar-refractivity contribution in [1.29, 1.82) is 0 Å². The summed E-state index contributed by atoms with van der Waals surface area (Å²) in [6.45, 7) is 0. The molecule has 6 nitrogen and oxygen atoms in total. The van der Waals surface area contributed by atoms with Gasteiger partial charge in [0.05, 0.1) is 30.7 Å². The van der Waals surface area contributed by atoms with Crippen molar-refractivity contribution in [3.63, 3.8) is 0 Å². The third kappa shape index (κ3) is 4.21. The Morgan fingerprint density at radius 1 is 1.50 bits per heavy atom. The van der Waals surface area contributed by atoms with Crippen LogP contribution in [0.1, 0.15) is 6.42 Å². The maximum absolute atomic E-state index is 12.9. The Bertz CT molecular complexity index is 545. The summed E-state index contributed by atoms with van der Waals surface area (Å²) in [6, 6.07) is 3.32. The number of hydrogen-bond donors (Lipinski definition) is 2. The van der Waals surface area contributed by atoms with E-state index in [4.69, 9.17) is 5.73 Å². The van der Waals surface area contributed by atoms with E-state index in [1.807, 2.05) is 0 Å². The summed E-state index contributed by atoms with van der Waals surface area (Å²) < 4.78 is 42.5. The molecule has 0 unspecified atom stereocenters. The number of carbonyl (C=O) groups excluding carboxylic acids is 1. The van der Waals surface area contributed by atoms with Crippen molar-refractivity contribution in [1.82, 2.24) is 0 Å². The van der Waals surface area contributed by atoms with Gasteiger partial charge in [-0.25, -0.2) is 12.8 Å². The summed E-state index contributed by atoms with van der Waals surface area (Å²) >= 11 is 0. The van der Waals surface area contributed by atoms with Crippen molar-refractivity contribution in [2.24, 2.45) is 0 Å². The lowest BCUT2D eigenvalue weighted by Gasteiger charge is -2.09. The van der Waals surface area contributed by atoms with Crippen molar-refractivity contribution in [3.8, 4) is 0 Å². The largest absolute Gasteiger partial charge is 0.469 e. The third-order valence-electron chi connectivity index (χ3n) is 2.08. The van der Waals surface area contributed by atoms with Crippen molar-refractivity contribution < 1.29 is 22.3 Å². The molecule has 1 aromatic carbocycles. The molecule has 18 heavy (non-hydrogen) atoms. The summed E-state index contributed by atoms with van der Waals surface area (Å²) in [5.41, 5.74) is 5.53. The average molecular weight is 276 g/mol. The first-order valence-electron chi connectivity index (χ1n) is 4.96. The van der Waals surface area contributed by atoms with Crippen molar-refractivity contribution in [2.45, 2.75) is 6.42 Å². The molecule has 0 saturated heterocycles. The summed E-state index contributed by atoms with van der Waals surface area (Å²) in [6.07, 6.45) is -0.291. The van der Waals surface area contributed by atoms with Crippen LogP contribution in [-0.4, -0.2) is 27.2 Å². The number of halogens is 1. The van der Waals surface area contributed by atoms with Crippen LogP contribution in [-0.2, 0) is 19.6 Å². The first-order chi connectivity index (χ1) is 8.34. The van der Waals surface area contributed by atoms with Gasteiger partial charge in [0.2, 0.25) is 10.0 Å². The molecule has 0 atom stereocenters. The zero-order chi connectivity index (χ0) is 13.8. The Morgan fingerprint density at radius 2 is 2.17 bits per heavy atom. The normalized spacial score (nSPS) is 11.0. The van der Waals surface area contributed by atoms with E-state index in [2.05, 4.69) is 9.46 Å². The molecule has 0 fully saturated rings. The monoisotopic (exact) mass is 276 g/mol. The lowest BCUT2D eigenvalue weighted by atomic mass is 10.3. The second-order valence-electron chi connectivity index (χ2n) is 3.48. The number of esters is 1. The minimum absolute atomic E-state index is 0.0557. The van der Waals surface area contributed by atoms with Crippen LogP contribution in [0.3, 0.4) is 0 Å². The van der Waals surface area contributed by atoms with Gasteiger partial charge in [-0.3, -0.25) is 9.52 Å². The average Bonchev–Trinajstić information content (AvgIpc) is 2.30. The van der Waals surface area contributed by atoms with Crippen molar-refractivity contribution in [3.05, 3.63) is 24.0 Å². The summed E-state index contributed by atoms with van der Waals surface area (Å²) in [4.78, 5) is 10.8. The predicted octanol–water partition coefficient (Wildman–Crippen LogP) is 0.713. The predicted molar refractivity (Wildman–Crippen MR) is 64.9 cm³/mol. The molecule has 0 radical (unpaired) electrons. The molecule has 1 rings (SSSR count). The lowest BCUT2D eigenvalue weighted by Crippen LogP contribution is -2.20. The van der Waals surface area contributed by atoms with Crippen LogP contribution in [0.15, 0.2) is 18.2 Å². The molecule has 0 aliphatic rings. The topological polar surface area (TPSA) is 98.5 Å². The van der Waals surface area contributed by atoms with Gasteiger partial charge in [-0.15, -0.1) is 0 Å². The molecule has 0 aliphatic carbocycles. The smallest absolute Gasteiger partial charge is 0.306 e. The zero-order valence-electron chi connectivity index (χ0n) is 9.64. The minimum Gasteiger partial charge on any atom is -0.469 e. The first-order valence-corrected chi connectivity index (χ1v) is 6.61. The van der Waals surface area contributed by atoms with Gasteiger partial charge in [-0.1, -0.05) is 0 Å². The van der Waals surface area contributed by atoms with E-state index in [0.717, 1.165) is 19.2 Å². The maximum Gasteiger partial charge on any atom is 0.306 e. The van der Waals surface area contributed by atoms with E-state index in [-0.39, 0.29) is 17.8 Å². The van der Waals surface area contributed by atoms with E-state index >= 15 is 0 Å². The minimum atomic E-state index is -3.78. The second kappa shape index (κ2) is 5.67. The molecule has 0 bridgehead atoms. The third-order valence-corrected chi connectivity index (χ3v) is 3.36. The van der Waals surface area contributed by atoms with E-state index in [1.165, 1.54) is 6.07 Å². The van der Waals surface area contributed by atoms with Gasteiger partial charge < -0.3 is 10.5 Å². The van der Waals surface area contributed by atoms with Crippen LogP contribution in [0.25, 0.3) is 0 Å². The van der Waals surface area contributed by atoms with Crippen LogP contribution in [0.5, 0.6) is 0 Å². The first kappa shape index (κ1) is 14.2. The molecular weight excluding hydrogens is 263 g/mol. The number of sulfonamides is 1. The molecular formula is C10H13FN2O4S. The van der Waals surface area contributed by atoms with Gasteiger partial charge in [0.1, 0.15) is 5.82 Å². The van der Waals surface area contributed by atoms with Crippen LogP contribution in [0, 0.1) is 5.82 Å². The maximum atomic E-state index is 12.9. The number of nitrogens with one attached hydrogen (secondary N) is 1. The molecule has 0 saturated carbocycles. The second-order valence-corrected chi connectivity index (χ2v) is 5.32. The highest BCUT2D eigenvalue weighted by Gasteiger charge is 2.15. The van der Waals surface area contributed by atoms with Gasteiger partial charge in [-0.2, -0.15) is 0 Å². The molecule has 0 spiro atoms. The molecule has 1 aromatic rings. The Kier molecular flexibility index (Phi) is 4.49. The Balaban J connectivity index is 2.76. The van der Waals surface area contributed by atoms with Crippen molar-refractivity contribution in [2.75, 3.05) is 23.3 Å². The van der Waals surface area contributed by atoms with Gasteiger partial charge in [0.15, 0.2) is 0 Å². The fourth-order valence-corrected chi connectivity index (χ4v) is 2.20. The summed E-state index contributed by atoms with van der Waals surface area (Å²) in [5.74, 6) is -1.72. The van der Waals surface area contributed by atoms with Crippen molar-refractivity contribution >= 4 is 27.4 Å². The molecule has 0 heterocycles. The lowest BCUT2D eigenvalue weighted by molar-refractivity contribution is -0.140. The number of benzene rings is 1. The van der Waals surface area contributed by atoms with Crippen LogP contribution in [0.4, 0.5) is 15.8 Å². The van der Waals surface area contributed by atoms with Gasteiger partial charge in [0.25, 0.3) is 0 Å². The number of nitrogen functional groups attached to an aromatic ring is 1. The van der Waals surface area contributed by atoms with E-state index < -0.39 is 27.6 Å². The molecule has 0 amide bonds. The fraction of sp³-hybridized carbons (Fsp3) is 0.300.